The van der Waals surface area contributed by atoms with Crippen LogP contribution in [-0.4, -0.2) is 29.9 Å². The molecule has 0 bridgehead atoms. The lowest BCUT2D eigenvalue weighted by molar-refractivity contribution is -0.0947. The van der Waals surface area contributed by atoms with Gasteiger partial charge in [0.2, 0.25) is 0 Å². The van der Waals surface area contributed by atoms with Crippen LogP contribution in [0.1, 0.15) is 17.8 Å². The minimum atomic E-state index is -0.258. The van der Waals surface area contributed by atoms with Gasteiger partial charge in [-0.05, 0) is 12.1 Å². The highest BCUT2D eigenvalue weighted by Gasteiger charge is 2.37. The van der Waals surface area contributed by atoms with Crippen molar-refractivity contribution in [3.8, 4) is 11.4 Å². The molecule has 1 aliphatic rings. The van der Waals surface area contributed by atoms with Gasteiger partial charge in [-0.15, -0.1) is 11.3 Å². The summed E-state index contributed by atoms with van der Waals surface area (Å²) in [6, 6.07) is 4.12. The third kappa shape index (κ3) is 2.22. The topological polar surface area (TPSA) is 36.3 Å². The lowest BCUT2D eigenvalue weighted by Gasteiger charge is -2.33. The number of aryl methyl sites for hydroxylation is 1. The highest BCUT2D eigenvalue weighted by atomic mass is 32.1. The van der Waals surface area contributed by atoms with Crippen LogP contribution in [0.2, 0.25) is 0 Å². The van der Waals surface area contributed by atoms with Crippen LogP contribution >= 0.6 is 11.3 Å². The Morgan fingerprint density at radius 1 is 1.42 bits per heavy atom. The number of hydrogen-bond acceptors (Lipinski definition) is 4. The second kappa shape index (κ2) is 5.07. The smallest absolute Gasteiger partial charge is 0.126 e. The number of hydrogen-bond donors (Lipinski definition) is 0. The normalized spacial score (nSPS) is 18.6. The van der Waals surface area contributed by atoms with Crippen molar-refractivity contribution in [1.82, 2.24) is 9.55 Å². The van der Waals surface area contributed by atoms with E-state index in [9.17, 15) is 0 Å². The summed E-state index contributed by atoms with van der Waals surface area (Å²) < 4.78 is 13.3. The standard InChI is InChI=1S/C14H18N2O2S/c1-16-7-3-4-12(16)11-10-19-13(15-11)14(17-2)5-8-18-9-6-14/h3-4,7,10H,5-6,8-9H2,1-2H3. The van der Waals surface area contributed by atoms with Gasteiger partial charge in [-0.25, -0.2) is 4.98 Å². The Balaban J connectivity index is 1.94. The minimum Gasteiger partial charge on any atom is -0.381 e. The van der Waals surface area contributed by atoms with Gasteiger partial charge in [0.1, 0.15) is 10.6 Å². The van der Waals surface area contributed by atoms with E-state index in [1.165, 1.54) is 0 Å². The Hall–Kier alpha value is -1.17. The minimum absolute atomic E-state index is 0.258. The maximum atomic E-state index is 5.79. The first kappa shape index (κ1) is 12.8. The number of nitrogens with zero attached hydrogens (tertiary/aromatic N) is 2. The van der Waals surface area contributed by atoms with Crippen LogP contribution in [0.15, 0.2) is 23.7 Å². The van der Waals surface area contributed by atoms with Crippen molar-refractivity contribution >= 4 is 11.3 Å². The van der Waals surface area contributed by atoms with Crippen LogP contribution in [0.4, 0.5) is 0 Å². The summed E-state index contributed by atoms with van der Waals surface area (Å²) in [5.41, 5.74) is 1.91. The molecule has 0 aliphatic carbocycles. The number of ether oxygens (including phenoxy) is 2. The molecule has 102 valence electrons. The molecule has 0 spiro atoms. The zero-order valence-electron chi connectivity index (χ0n) is 11.3. The fraction of sp³-hybridized carbons (Fsp3) is 0.500. The Kier molecular flexibility index (Phi) is 3.43. The van der Waals surface area contributed by atoms with Crippen molar-refractivity contribution in [1.29, 1.82) is 0 Å². The quantitative estimate of drug-likeness (QED) is 0.866. The van der Waals surface area contributed by atoms with Crippen LogP contribution < -0.4 is 0 Å². The van der Waals surface area contributed by atoms with Crippen molar-refractivity contribution in [2.75, 3.05) is 20.3 Å². The van der Waals surface area contributed by atoms with Crippen LogP contribution in [0.25, 0.3) is 11.4 Å². The molecule has 19 heavy (non-hydrogen) atoms. The number of aromatic nitrogens is 2. The lowest BCUT2D eigenvalue weighted by Crippen LogP contribution is -2.35. The molecule has 1 fully saturated rings. The van der Waals surface area contributed by atoms with Crippen molar-refractivity contribution in [2.45, 2.75) is 18.4 Å². The molecule has 2 aromatic rings. The van der Waals surface area contributed by atoms with Gasteiger partial charge in [-0.1, -0.05) is 0 Å². The average molecular weight is 278 g/mol. The van der Waals surface area contributed by atoms with E-state index in [-0.39, 0.29) is 5.60 Å². The molecule has 0 atom stereocenters. The highest BCUT2D eigenvalue weighted by Crippen LogP contribution is 2.38. The summed E-state index contributed by atoms with van der Waals surface area (Å²) in [6.07, 6.45) is 3.79. The summed E-state index contributed by atoms with van der Waals surface area (Å²) in [5, 5.41) is 3.18. The van der Waals surface area contributed by atoms with Crippen molar-refractivity contribution < 1.29 is 9.47 Å². The molecular weight excluding hydrogens is 260 g/mol. The number of methoxy groups -OCH3 is 1. The predicted octanol–water partition coefficient (Wildman–Crippen LogP) is 2.80. The summed E-state index contributed by atoms with van der Waals surface area (Å²) in [6.45, 7) is 1.49. The van der Waals surface area contributed by atoms with E-state index < -0.39 is 0 Å². The highest BCUT2D eigenvalue weighted by molar-refractivity contribution is 7.10. The number of thiazole rings is 1. The molecule has 1 saturated heterocycles. The zero-order valence-corrected chi connectivity index (χ0v) is 12.1. The van der Waals surface area contributed by atoms with Gasteiger partial charge >= 0.3 is 0 Å². The van der Waals surface area contributed by atoms with Gasteiger partial charge in [0.15, 0.2) is 0 Å². The molecule has 3 rings (SSSR count). The summed E-state index contributed by atoms with van der Waals surface area (Å²) in [4.78, 5) is 4.80. The van der Waals surface area contributed by atoms with E-state index in [0.717, 1.165) is 42.5 Å². The van der Waals surface area contributed by atoms with Crippen LogP contribution in [0.5, 0.6) is 0 Å². The Bertz CT molecular complexity index is 555. The largest absolute Gasteiger partial charge is 0.381 e. The number of rotatable bonds is 3. The first-order chi connectivity index (χ1) is 9.25. The third-order valence-corrected chi connectivity index (χ3v) is 4.82. The van der Waals surface area contributed by atoms with Crippen LogP contribution in [0, 0.1) is 0 Å². The van der Waals surface area contributed by atoms with Crippen molar-refractivity contribution in [3.05, 3.63) is 28.7 Å². The molecule has 0 saturated carbocycles. The summed E-state index contributed by atoms with van der Waals surface area (Å²) in [7, 11) is 3.81. The summed E-state index contributed by atoms with van der Waals surface area (Å²) in [5.74, 6) is 0. The molecule has 0 aromatic carbocycles. The van der Waals surface area contributed by atoms with Gasteiger partial charge in [0.05, 0.1) is 11.4 Å². The summed E-state index contributed by atoms with van der Waals surface area (Å²) >= 11 is 1.68. The van der Waals surface area contributed by atoms with E-state index in [1.54, 1.807) is 18.4 Å². The first-order valence-electron chi connectivity index (χ1n) is 6.46. The molecule has 5 heteroatoms. The maximum absolute atomic E-state index is 5.79. The molecule has 4 nitrogen and oxygen atoms in total. The first-order valence-corrected chi connectivity index (χ1v) is 7.34. The van der Waals surface area contributed by atoms with E-state index >= 15 is 0 Å². The second-order valence-corrected chi connectivity index (χ2v) is 5.71. The Labute approximate surface area is 117 Å². The van der Waals surface area contributed by atoms with Gasteiger partial charge in [0, 0.05) is 51.8 Å². The second-order valence-electron chi connectivity index (χ2n) is 4.85. The molecule has 2 aromatic heterocycles. The molecule has 0 unspecified atom stereocenters. The molecule has 3 heterocycles. The van der Waals surface area contributed by atoms with Gasteiger partial charge in [-0.3, -0.25) is 0 Å². The Morgan fingerprint density at radius 2 is 2.21 bits per heavy atom. The average Bonchev–Trinajstić information content (AvgIpc) is 3.08. The maximum Gasteiger partial charge on any atom is 0.126 e. The van der Waals surface area contributed by atoms with E-state index in [2.05, 4.69) is 16.0 Å². The predicted molar refractivity (Wildman–Crippen MR) is 75.3 cm³/mol. The van der Waals surface area contributed by atoms with Gasteiger partial charge < -0.3 is 14.0 Å². The van der Waals surface area contributed by atoms with Crippen LogP contribution in [-0.2, 0) is 22.1 Å². The third-order valence-electron chi connectivity index (χ3n) is 3.79. The SMILES string of the molecule is COC1(c2nc(-c3cccn3C)cs2)CCOCC1. The van der Waals surface area contributed by atoms with Gasteiger partial charge in [-0.2, -0.15) is 0 Å². The van der Waals surface area contributed by atoms with E-state index in [0.29, 0.717) is 0 Å². The van der Waals surface area contributed by atoms with E-state index in [4.69, 9.17) is 14.5 Å². The lowest BCUT2D eigenvalue weighted by atomic mass is 9.95. The zero-order chi connectivity index (χ0) is 13.3. The molecule has 1 aliphatic heterocycles. The molecule has 0 radical (unpaired) electrons. The van der Waals surface area contributed by atoms with Crippen LogP contribution in [0.3, 0.4) is 0 Å². The molecular formula is C14H18N2O2S. The van der Waals surface area contributed by atoms with Gasteiger partial charge in [0.25, 0.3) is 0 Å². The fourth-order valence-corrected chi connectivity index (χ4v) is 3.58. The van der Waals surface area contributed by atoms with Crippen molar-refractivity contribution in [2.24, 2.45) is 7.05 Å². The van der Waals surface area contributed by atoms with Crippen molar-refractivity contribution in [3.63, 3.8) is 0 Å². The molecule has 0 amide bonds. The molecule has 0 N–H and O–H groups in total. The Morgan fingerprint density at radius 3 is 2.84 bits per heavy atom. The monoisotopic (exact) mass is 278 g/mol. The van der Waals surface area contributed by atoms with E-state index in [1.807, 2.05) is 19.3 Å². The fourth-order valence-electron chi connectivity index (χ4n) is 2.53.